The van der Waals surface area contributed by atoms with E-state index in [1.165, 1.54) is 11.1 Å². The number of nitrogens with one attached hydrogen (secondary N) is 2. The molecule has 0 aliphatic rings. The molecule has 0 atom stereocenters. The van der Waals surface area contributed by atoms with Crippen molar-refractivity contribution in [2.24, 2.45) is 0 Å². The Morgan fingerprint density at radius 1 is 0.778 bits per heavy atom. The molecule has 0 aliphatic carbocycles. The van der Waals surface area contributed by atoms with Gasteiger partial charge in [0.05, 0.1) is 5.52 Å². The third kappa shape index (κ3) is 5.36. The van der Waals surface area contributed by atoms with E-state index in [0.29, 0.717) is 5.56 Å². The fraction of sp³-hybridized carbons (Fsp3) is 0.0968. The number of nitrogens with zero attached hydrogens (tertiary/aromatic N) is 2. The van der Waals surface area contributed by atoms with Crippen LogP contribution in [0.3, 0.4) is 0 Å². The number of rotatable bonds is 7. The molecule has 5 rings (SSSR count). The van der Waals surface area contributed by atoms with E-state index >= 15 is 0 Å². The molecule has 5 nitrogen and oxygen atoms in total. The van der Waals surface area contributed by atoms with Crippen molar-refractivity contribution >= 4 is 39.6 Å². The van der Waals surface area contributed by atoms with Crippen LogP contribution in [0.2, 0.25) is 0 Å². The summed E-state index contributed by atoms with van der Waals surface area (Å²) in [5.41, 5.74) is 7.75. The van der Waals surface area contributed by atoms with Crippen molar-refractivity contribution in [1.29, 1.82) is 0 Å². The third-order valence-electron chi connectivity index (χ3n) is 6.13. The fourth-order valence-corrected chi connectivity index (χ4v) is 4.12. The highest BCUT2D eigenvalue weighted by atomic mass is 16.1. The van der Waals surface area contributed by atoms with Crippen molar-refractivity contribution in [3.05, 3.63) is 126 Å². The smallest absolute Gasteiger partial charge is 0.255 e. The van der Waals surface area contributed by atoms with E-state index in [1.807, 2.05) is 80.8 Å². The first-order valence-electron chi connectivity index (χ1n) is 11.9. The molecule has 0 radical (unpaired) electrons. The summed E-state index contributed by atoms with van der Waals surface area (Å²) in [4.78, 5) is 19.3. The van der Waals surface area contributed by atoms with E-state index in [9.17, 15) is 4.79 Å². The maximum Gasteiger partial charge on any atom is 0.255 e. The lowest BCUT2D eigenvalue weighted by molar-refractivity contribution is 0.102. The zero-order valence-electron chi connectivity index (χ0n) is 20.4. The van der Waals surface area contributed by atoms with Gasteiger partial charge < -0.3 is 15.5 Å². The molecule has 0 saturated heterocycles. The number of carbonyl (C=O) groups is 1. The van der Waals surface area contributed by atoms with Crippen LogP contribution in [0.1, 0.15) is 21.5 Å². The van der Waals surface area contributed by atoms with E-state index < -0.39 is 0 Å². The maximum absolute atomic E-state index is 12.8. The zero-order valence-corrected chi connectivity index (χ0v) is 20.4. The first kappa shape index (κ1) is 23.1. The largest absolute Gasteiger partial charge is 0.378 e. The van der Waals surface area contributed by atoms with Crippen molar-refractivity contribution in [3.8, 4) is 0 Å². The summed E-state index contributed by atoms with van der Waals surface area (Å²) in [6.07, 6.45) is 2.67. The molecular weight excluding hydrogens is 444 g/mol. The van der Waals surface area contributed by atoms with Crippen LogP contribution in [-0.2, 0) is 6.42 Å². The van der Waals surface area contributed by atoms with Crippen LogP contribution >= 0.6 is 0 Å². The zero-order chi connectivity index (χ0) is 24.9. The minimum atomic E-state index is -0.137. The first-order valence-corrected chi connectivity index (χ1v) is 11.9. The highest BCUT2D eigenvalue weighted by Gasteiger charge is 2.08. The summed E-state index contributed by atoms with van der Waals surface area (Å²) in [6, 6.07) is 34.0. The van der Waals surface area contributed by atoms with Gasteiger partial charge in [0, 0.05) is 54.0 Å². The van der Waals surface area contributed by atoms with Crippen molar-refractivity contribution in [2.45, 2.75) is 6.42 Å². The van der Waals surface area contributed by atoms with Gasteiger partial charge >= 0.3 is 0 Å². The normalized spacial score (nSPS) is 10.7. The molecule has 1 aromatic heterocycles. The summed E-state index contributed by atoms with van der Waals surface area (Å²) in [5, 5.41) is 7.49. The van der Waals surface area contributed by atoms with Gasteiger partial charge in [-0.1, -0.05) is 42.5 Å². The number of anilines is 4. The predicted octanol–water partition coefficient (Wildman–Crippen LogP) is 6.89. The summed E-state index contributed by atoms with van der Waals surface area (Å²) in [6.45, 7) is 0. The van der Waals surface area contributed by atoms with Gasteiger partial charge in [-0.2, -0.15) is 0 Å². The second kappa shape index (κ2) is 10.3. The highest BCUT2D eigenvalue weighted by Crippen LogP contribution is 2.28. The third-order valence-corrected chi connectivity index (χ3v) is 6.13. The monoisotopic (exact) mass is 472 g/mol. The molecule has 36 heavy (non-hydrogen) atoms. The average molecular weight is 473 g/mol. The van der Waals surface area contributed by atoms with Gasteiger partial charge in [0.2, 0.25) is 0 Å². The lowest BCUT2D eigenvalue weighted by Crippen LogP contribution is -2.11. The Morgan fingerprint density at radius 2 is 1.47 bits per heavy atom. The van der Waals surface area contributed by atoms with Crippen LogP contribution in [0.25, 0.3) is 10.9 Å². The van der Waals surface area contributed by atoms with Crippen molar-refractivity contribution in [3.63, 3.8) is 0 Å². The van der Waals surface area contributed by atoms with Crippen molar-refractivity contribution in [2.75, 3.05) is 29.6 Å². The molecule has 178 valence electrons. The van der Waals surface area contributed by atoms with E-state index in [-0.39, 0.29) is 5.91 Å². The number of carbonyl (C=O) groups excluding carboxylic acids is 1. The minimum Gasteiger partial charge on any atom is -0.378 e. The first-order chi connectivity index (χ1) is 17.5. The molecule has 5 aromatic rings. The molecule has 0 spiro atoms. The Kier molecular flexibility index (Phi) is 6.63. The van der Waals surface area contributed by atoms with Crippen LogP contribution < -0.4 is 15.5 Å². The number of aromatic nitrogens is 1. The molecule has 5 heteroatoms. The topological polar surface area (TPSA) is 57.3 Å². The number of amides is 1. The number of benzene rings is 4. The van der Waals surface area contributed by atoms with Gasteiger partial charge in [0.1, 0.15) is 0 Å². The van der Waals surface area contributed by atoms with Gasteiger partial charge in [0.15, 0.2) is 0 Å². The Balaban J connectivity index is 1.25. The molecule has 0 fully saturated rings. The summed E-state index contributed by atoms with van der Waals surface area (Å²) >= 11 is 0. The van der Waals surface area contributed by atoms with Crippen LogP contribution in [0.5, 0.6) is 0 Å². The summed E-state index contributed by atoms with van der Waals surface area (Å²) in [5.74, 6) is -0.137. The molecule has 0 saturated carbocycles. The van der Waals surface area contributed by atoms with Gasteiger partial charge in [0.25, 0.3) is 5.91 Å². The Labute approximate surface area is 211 Å². The summed E-state index contributed by atoms with van der Waals surface area (Å²) < 4.78 is 0. The van der Waals surface area contributed by atoms with Gasteiger partial charge in [-0.25, -0.2) is 0 Å². The standard InChI is InChI=1S/C31H28N4O/c1-35(2)27-16-17-29-28(21-27)30(18-19-32-29)33-25-14-10-24(11-15-25)31(36)34-26-12-8-23(9-13-26)20-22-6-4-3-5-7-22/h3-19,21H,20H2,1-2H3,(H,32,33)(H,34,36). The van der Waals surface area contributed by atoms with Gasteiger partial charge in [-0.05, 0) is 78.2 Å². The van der Waals surface area contributed by atoms with Crippen LogP contribution in [0, 0.1) is 0 Å². The SMILES string of the molecule is CN(C)c1ccc2nccc(Nc3ccc(C(=O)Nc4ccc(Cc5ccccc5)cc4)cc3)c2c1. The second-order valence-electron chi connectivity index (χ2n) is 8.97. The van der Waals surface area contributed by atoms with Crippen molar-refractivity contribution < 1.29 is 4.79 Å². The maximum atomic E-state index is 12.8. The lowest BCUT2D eigenvalue weighted by Gasteiger charge is -2.15. The molecule has 1 amide bonds. The number of fused-ring (bicyclic) bond motifs is 1. The molecule has 1 heterocycles. The fourth-order valence-electron chi connectivity index (χ4n) is 4.12. The molecular formula is C31H28N4O. The highest BCUT2D eigenvalue weighted by molar-refractivity contribution is 6.04. The second-order valence-corrected chi connectivity index (χ2v) is 8.97. The number of hydrogen-bond donors (Lipinski definition) is 2. The Bertz CT molecular complexity index is 1480. The Morgan fingerprint density at radius 3 is 2.19 bits per heavy atom. The minimum absolute atomic E-state index is 0.137. The lowest BCUT2D eigenvalue weighted by atomic mass is 10.0. The van der Waals surface area contributed by atoms with Crippen LogP contribution in [-0.4, -0.2) is 25.0 Å². The molecule has 0 bridgehead atoms. The van der Waals surface area contributed by atoms with Crippen LogP contribution in [0.4, 0.5) is 22.7 Å². The van der Waals surface area contributed by atoms with Crippen molar-refractivity contribution in [1.82, 2.24) is 4.98 Å². The van der Waals surface area contributed by atoms with Gasteiger partial charge in [-0.3, -0.25) is 9.78 Å². The van der Waals surface area contributed by atoms with Crippen LogP contribution in [0.15, 0.2) is 109 Å². The van der Waals surface area contributed by atoms with Gasteiger partial charge in [-0.15, -0.1) is 0 Å². The molecule has 0 aliphatic heterocycles. The quantitative estimate of drug-likeness (QED) is 0.271. The van der Waals surface area contributed by atoms with E-state index in [4.69, 9.17) is 0 Å². The number of pyridine rings is 1. The number of hydrogen-bond acceptors (Lipinski definition) is 4. The summed E-state index contributed by atoms with van der Waals surface area (Å²) in [7, 11) is 4.04. The predicted molar refractivity (Wildman–Crippen MR) is 149 cm³/mol. The Hall–Kier alpha value is -4.64. The molecule has 4 aromatic carbocycles. The van der Waals surface area contributed by atoms with E-state index in [2.05, 4.69) is 56.9 Å². The molecule has 0 unspecified atom stereocenters. The van der Waals surface area contributed by atoms with E-state index in [0.717, 1.165) is 40.1 Å². The molecule has 2 N–H and O–H groups in total. The van der Waals surface area contributed by atoms with E-state index in [1.54, 1.807) is 6.20 Å². The average Bonchev–Trinajstić information content (AvgIpc) is 2.91.